The van der Waals surface area contributed by atoms with E-state index in [9.17, 15) is 49.1 Å². The molecule has 0 radical (unpaired) electrons. The summed E-state index contributed by atoms with van der Waals surface area (Å²) in [4.78, 5) is 32.4. The van der Waals surface area contributed by atoms with Crippen molar-refractivity contribution in [1.29, 1.82) is 0 Å². The lowest BCUT2D eigenvalue weighted by Crippen LogP contribution is -2.38. The van der Waals surface area contributed by atoms with Gasteiger partial charge in [-0.1, -0.05) is 23.2 Å². The zero-order valence-electron chi connectivity index (χ0n) is 30.4. The first-order chi connectivity index (χ1) is 26.7. The highest BCUT2D eigenvalue weighted by atomic mass is 35.5. The summed E-state index contributed by atoms with van der Waals surface area (Å²) in [7, 11) is 0. The van der Waals surface area contributed by atoms with Gasteiger partial charge in [0.1, 0.15) is 5.82 Å². The number of carbonyl (C=O) groups is 2. The molecule has 310 valence electrons. The number of alkyl halides is 9. The van der Waals surface area contributed by atoms with Crippen LogP contribution in [0.15, 0.2) is 61.3 Å². The van der Waals surface area contributed by atoms with Crippen molar-refractivity contribution in [2.45, 2.75) is 102 Å². The van der Waals surface area contributed by atoms with Crippen molar-refractivity contribution in [2.75, 3.05) is 0 Å². The van der Waals surface area contributed by atoms with E-state index in [-0.39, 0.29) is 45.0 Å². The van der Waals surface area contributed by atoms with Crippen molar-refractivity contribution in [3.8, 4) is 0 Å². The maximum Gasteiger partial charge on any atom is 0.434 e. The molecule has 4 aromatic rings. The number of nitrogens with zero attached hydrogens (tertiary/aromatic N) is 4. The molecule has 2 heterocycles. The fourth-order valence-electron chi connectivity index (χ4n) is 7.06. The zero-order valence-corrected chi connectivity index (χ0v) is 31.9. The molecule has 2 fully saturated rings. The molecule has 2 N–H and O–H groups in total. The molecule has 6 rings (SSSR count). The van der Waals surface area contributed by atoms with Crippen LogP contribution in [-0.2, 0) is 31.6 Å². The van der Waals surface area contributed by atoms with Crippen LogP contribution < -0.4 is 10.6 Å². The first kappa shape index (κ1) is 43.9. The summed E-state index contributed by atoms with van der Waals surface area (Å²) in [6.45, 7) is 2.79. The van der Waals surface area contributed by atoms with Gasteiger partial charge >= 0.3 is 18.5 Å². The van der Waals surface area contributed by atoms with Crippen molar-refractivity contribution in [2.24, 2.45) is 11.8 Å². The maximum atomic E-state index is 12.9. The Kier molecular flexibility index (Phi) is 13.9. The lowest BCUT2D eigenvalue weighted by molar-refractivity contribution is -0.141. The highest BCUT2D eigenvalue weighted by Gasteiger charge is 2.36. The minimum absolute atomic E-state index is 0.0179. The van der Waals surface area contributed by atoms with Crippen LogP contribution in [0.2, 0.25) is 10.0 Å². The number of amides is 2. The molecule has 2 amide bonds. The molecule has 0 spiro atoms. The van der Waals surface area contributed by atoms with Gasteiger partial charge in [-0.3, -0.25) is 9.59 Å². The summed E-state index contributed by atoms with van der Waals surface area (Å²) < 4.78 is 119. The van der Waals surface area contributed by atoms with Crippen LogP contribution in [0, 0.1) is 18.8 Å². The van der Waals surface area contributed by atoms with E-state index >= 15 is 0 Å². The Morgan fingerprint density at radius 1 is 0.702 bits per heavy atom. The van der Waals surface area contributed by atoms with E-state index < -0.39 is 47.2 Å². The van der Waals surface area contributed by atoms with Gasteiger partial charge < -0.3 is 19.8 Å². The molecule has 2 aliphatic rings. The number of aryl methyl sites for hydroxylation is 1. The summed E-state index contributed by atoms with van der Waals surface area (Å²) in [5.74, 6) is -0.338. The second-order valence-electron chi connectivity index (χ2n) is 14.3. The molecule has 2 saturated carbocycles. The van der Waals surface area contributed by atoms with Crippen LogP contribution in [-0.4, -0.2) is 43.0 Å². The second kappa shape index (κ2) is 18.1. The molecule has 2 aliphatic carbocycles. The van der Waals surface area contributed by atoms with Crippen molar-refractivity contribution < 1.29 is 49.1 Å². The van der Waals surface area contributed by atoms with Crippen molar-refractivity contribution in [3.05, 3.63) is 105 Å². The standard InChI is InChI=1S/C20H20ClF6N3O.C18H19ClF3N3O/c1-11-28-17(20(25,26)27)10-30(11)9-12-2-5-14(6-3-12)29-18(31)15-8-13(19(22,23)24)4-7-16(15)21;19-16-6-3-13(18(20,21)22)9-15(16)17(26)24-14-4-1-12(2-5-14)10-25-8-7-23-11-25/h4,7-8,10,12,14H,2-3,5-6,9H2,1H3,(H,29,31);3,6-9,11-12,14H,1-2,4-5,10H2,(H,24,26). The molecule has 0 atom stereocenters. The second-order valence-corrected chi connectivity index (χ2v) is 15.2. The third kappa shape index (κ3) is 12.1. The highest BCUT2D eigenvalue weighted by Crippen LogP contribution is 2.35. The Balaban J connectivity index is 0.000000221. The van der Waals surface area contributed by atoms with E-state index in [0.717, 1.165) is 74.8 Å². The quantitative estimate of drug-likeness (QED) is 0.173. The summed E-state index contributed by atoms with van der Waals surface area (Å²) in [6, 6.07) is 5.08. The summed E-state index contributed by atoms with van der Waals surface area (Å²) in [5.41, 5.74) is -3.14. The monoisotopic (exact) mass is 852 g/mol. The molecule has 2 aromatic heterocycles. The molecule has 0 aliphatic heterocycles. The Labute approximate surface area is 332 Å². The van der Waals surface area contributed by atoms with Gasteiger partial charge in [0.15, 0.2) is 5.69 Å². The number of halogens is 11. The van der Waals surface area contributed by atoms with E-state index in [1.807, 2.05) is 10.8 Å². The lowest BCUT2D eigenvalue weighted by Gasteiger charge is -2.29. The Hall–Kier alpha value is -4.25. The molecule has 8 nitrogen and oxygen atoms in total. The number of aromatic nitrogens is 4. The summed E-state index contributed by atoms with van der Waals surface area (Å²) >= 11 is 11.8. The Morgan fingerprint density at radius 3 is 1.54 bits per heavy atom. The van der Waals surface area contributed by atoms with Crippen LogP contribution in [0.4, 0.5) is 39.5 Å². The van der Waals surface area contributed by atoms with Crippen LogP contribution in [0.3, 0.4) is 0 Å². The topological polar surface area (TPSA) is 93.8 Å². The van der Waals surface area contributed by atoms with Gasteiger partial charge in [0.2, 0.25) is 0 Å². The fourth-order valence-corrected chi connectivity index (χ4v) is 7.46. The number of rotatable bonds is 8. The van der Waals surface area contributed by atoms with Gasteiger partial charge in [-0.05, 0) is 107 Å². The van der Waals surface area contributed by atoms with Crippen molar-refractivity contribution >= 4 is 35.0 Å². The van der Waals surface area contributed by atoms with Crippen LogP contribution in [0.1, 0.15) is 94.7 Å². The Morgan fingerprint density at radius 2 is 1.16 bits per heavy atom. The van der Waals surface area contributed by atoms with Gasteiger partial charge in [0.05, 0.1) is 38.6 Å². The molecule has 19 heteroatoms. The average Bonchev–Trinajstić information content (AvgIpc) is 3.79. The van der Waals surface area contributed by atoms with E-state index in [2.05, 4.69) is 20.6 Å². The van der Waals surface area contributed by atoms with Gasteiger partial charge in [-0.25, -0.2) is 9.97 Å². The van der Waals surface area contributed by atoms with Crippen molar-refractivity contribution in [1.82, 2.24) is 29.7 Å². The van der Waals surface area contributed by atoms with E-state index in [1.165, 1.54) is 11.5 Å². The SMILES string of the molecule is Cc1nc(C(F)(F)F)cn1CC1CCC(NC(=O)c2cc(C(F)(F)F)ccc2Cl)CC1.O=C(NC1CCC(Cn2ccnc2)CC1)c1cc(C(F)(F)F)ccc1Cl. The number of hydrogen-bond acceptors (Lipinski definition) is 4. The molecule has 57 heavy (non-hydrogen) atoms. The van der Waals surface area contributed by atoms with Gasteiger partial charge in [0, 0.05) is 43.8 Å². The fraction of sp³-hybridized carbons (Fsp3) is 0.474. The summed E-state index contributed by atoms with van der Waals surface area (Å²) in [5, 5.41) is 5.48. The van der Waals surface area contributed by atoms with Crippen LogP contribution in [0.25, 0.3) is 0 Å². The minimum Gasteiger partial charge on any atom is -0.349 e. The minimum atomic E-state index is -4.59. The average molecular weight is 854 g/mol. The van der Waals surface area contributed by atoms with Gasteiger partial charge in [-0.2, -0.15) is 39.5 Å². The first-order valence-corrected chi connectivity index (χ1v) is 18.8. The number of benzene rings is 2. The van der Waals surface area contributed by atoms with Crippen molar-refractivity contribution in [3.63, 3.8) is 0 Å². The predicted octanol–water partition coefficient (Wildman–Crippen LogP) is 10.4. The maximum absolute atomic E-state index is 12.9. The first-order valence-electron chi connectivity index (χ1n) is 18.1. The third-order valence-corrected chi connectivity index (χ3v) is 10.8. The molecule has 0 saturated heterocycles. The summed E-state index contributed by atoms with van der Waals surface area (Å²) in [6.07, 6.45) is -1.25. The molecular weight excluding hydrogens is 814 g/mol. The van der Waals surface area contributed by atoms with Gasteiger partial charge in [0.25, 0.3) is 11.8 Å². The van der Waals surface area contributed by atoms with Gasteiger partial charge in [-0.15, -0.1) is 0 Å². The zero-order chi connectivity index (χ0) is 41.7. The number of hydrogen-bond donors (Lipinski definition) is 2. The largest absolute Gasteiger partial charge is 0.434 e. The number of nitrogens with one attached hydrogen (secondary N) is 2. The third-order valence-electron chi connectivity index (χ3n) is 10.2. The Bertz CT molecular complexity index is 1980. The molecular formula is C38H39Cl2F9N6O2. The lowest BCUT2D eigenvalue weighted by atomic mass is 9.85. The number of imidazole rings is 2. The normalized spacial score (nSPS) is 20.4. The van der Waals surface area contributed by atoms with Crippen LogP contribution in [0.5, 0.6) is 0 Å². The molecule has 0 bridgehead atoms. The van der Waals surface area contributed by atoms with E-state index in [0.29, 0.717) is 38.1 Å². The smallest absolute Gasteiger partial charge is 0.349 e. The van der Waals surface area contributed by atoms with E-state index in [1.54, 1.807) is 12.5 Å². The highest BCUT2D eigenvalue weighted by molar-refractivity contribution is 6.34. The molecule has 2 aromatic carbocycles. The van der Waals surface area contributed by atoms with Crippen LogP contribution >= 0.6 is 23.2 Å². The van der Waals surface area contributed by atoms with E-state index in [4.69, 9.17) is 23.2 Å². The molecule has 0 unspecified atom stereocenters. The predicted molar refractivity (Wildman–Crippen MR) is 194 cm³/mol. The number of carbonyl (C=O) groups excluding carboxylic acids is 2.